The van der Waals surface area contributed by atoms with Crippen LogP contribution in [0.25, 0.3) is 0 Å². The van der Waals surface area contributed by atoms with E-state index in [0.717, 1.165) is 0 Å². The van der Waals surface area contributed by atoms with E-state index in [1.54, 1.807) is 13.0 Å². The molecule has 0 unspecified atom stereocenters. The molecule has 0 aliphatic heterocycles. The standard InChI is InChI=1S/C8H14O3/c1-6(7(9)11-10)5-8(2,3)4/h5,10H,1-4H3/b6-5-. The molecule has 0 aromatic heterocycles. The number of hydrogen-bond acceptors (Lipinski definition) is 3. The van der Waals surface area contributed by atoms with Gasteiger partial charge in [0.2, 0.25) is 0 Å². The molecule has 0 saturated carbocycles. The lowest BCUT2D eigenvalue weighted by Gasteiger charge is -2.12. The first-order valence-electron chi connectivity index (χ1n) is 3.42. The molecule has 0 saturated heterocycles. The monoisotopic (exact) mass is 158 g/mol. The number of carbonyl (C=O) groups excluding carboxylic acids is 1. The Hall–Kier alpha value is -0.830. The molecule has 0 rings (SSSR count). The first-order valence-corrected chi connectivity index (χ1v) is 3.42. The lowest BCUT2D eigenvalue weighted by Crippen LogP contribution is -2.07. The van der Waals surface area contributed by atoms with Gasteiger partial charge < -0.3 is 0 Å². The first kappa shape index (κ1) is 10.2. The fraction of sp³-hybridized carbons (Fsp3) is 0.625. The van der Waals surface area contributed by atoms with Gasteiger partial charge in [-0.2, -0.15) is 5.26 Å². The van der Waals surface area contributed by atoms with E-state index in [9.17, 15) is 4.79 Å². The summed E-state index contributed by atoms with van der Waals surface area (Å²) in [5.74, 6) is -0.695. The Kier molecular flexibility index (Phi) is 3.26. The van der Waals surface area contributed by atoms with E-state index < -0.39 is 5.97 Å². The van der Waals surface area contributed by atoms with Gasteiger partial charge in [0.1, 0.15) is 0 Å². The normalized spacial score (nSPS) is 13.0. The topological polar surface area (TPSA) is 46.5 Å². The van der Waals surface area contributed by atoms with Crippen molar-refractivity contribution in [3.63, 3.8) is 0 Å². The van der Waals surface area contributed by atoms with E-state index in [2.05, 4.69) is 4.89 Å². The van der Waals surface area contributed by atoms with Gasteiger partial charge >= 0.3 is 5.97 Å². The van der Waals surface area contributed by atoms with Crippen molar-refractivity contribution in [2.75, 3.05) is 0 Å². The highest BCUT2D eigenvalue weighted by molar-refractivity contribution is 5.87. The number of allylic oxidation sites excluding steroid dienone is 1. The summed E-state index contributed by atoms with van der Waals surface area (Å²) < 4.78 is 0. The molecule has 0 aliphatic carbocycles. The van der Waals surface area contributed by atoms with Crippen LogP contribution >= 0.6 is 0 Å². The summed E-state index contributed by atoms with van der Waals surface area (Å²) in [6.45, 7) is 7.48. The molecule has 64 valence electrons. The van der Waals surface area contributed by atoms with Gasteiger partial charge in [-0.1, -0.05) is 26.8 Å². The van der Waals surface area contributed by atoms with Crippen LogP contribution in [0.2, 0.25) is 0 Å². The largest absolute Gasteiger partial charge is 0.368 e. The van der Waals surface area contributed by atoms with E-state index in [1.165, 1.54) is 0 Å². The molecule has 0 spiro atoms. The molecule has 1 N–H and O–H groups in total. The SMILES string of the molecule is C/C(=C/C(C)(C)C)C(=O)OO. The second-order valence-corrected chi connectivity index (χ2v) is 3.57. The Morgan fingerprint density at radius 1 is 1.45 bits per heavy atom. The molecule has 0 heterocycles. The molecular weight excluding hydrogens is 144 g/mol. The van der Waals surface area contributed by atoms with Crippen molar-refractivity contribution in [1.82, 2.24) is 0 Å². The molecule has 0 atom stereocenters. The second-order valence-electron chi connectivity index (χ2n) is 3.57. The quantitative estimate of drug-likeness (QED) is 0.360. The van der Waals surface area contributed by atoms with Gasteiger partial charge in [0.15, 0.2) is 0 Å². The van der Waals surface area contributed by atoms with Gasteiger partial charge in [-0.05, 0) is 12.3 Å². The van der Waals surface area contributed by atoms with Crippen molar-refractivity contribution < 1.29 is 14.9 Å². The Labute approximate surface area is 66.6 Å². The average Bonchev–Trinajstić information content (AvgIpc) is 1.82. The highest BCUT2D eigenvalue weighted by atomic mass is 17.1. The van der Waals surface area contributed by atoms with Crippen LogP contribution in [0, 0.1) is 5.41 Å². The first-order chi connectivity index (χ1) is 4.87. The van der Waals surface area contributed by atoms with Crippen LogP contribution in [0.15, 0.2) is 11.6 Å². The fourth-order valence-electron chi connectivity index (χ4n) is 0.780. The van der Waals surface area contributed by atoms with E-state index in [1.807, 2.05) is 20.8 Å². The number of hydrogen-bond donors (Lipinski definition) is 1. The van der Waals surface area contributed by atoms with E-state index in [4.69, 9.17) is 5.26 Å². The highest BCUT2D eigenvalue weighted by Gasteiger charge is 2.11. The molecule has 0 radical (unpaired) electrons. The van der Waals surface area contributed by atoms with Crippen LogP contribution in [0.5, 0.6) is 0 Å². The molecule has 0 amide bonds. The van der Waals surface area contributed by atoms with E-state index >= 15 is 0 Å². The molecule has 11 heavy (non-hydrogen) atoms. The van der Waals surface area contributed by atoms with Crippen molar-refractivity contribution in [3.8, 4) is 0 Å². The van der Waals surface area contributed by atoms with Crippen LogP contribution in [0.1, 0.15) is 27.7 Å². The van der Waals surface area contributed by atoms with Gasteiger partial charge in [-0.3, -0.25) is 4.89 Å². The molecule has 0 aromatic carbocycles. The molecule has 0 bridgehead atoms. The van der Waals surface area contributed by atoms with Gasteiger partial charge in [0.05, 0.1) is 0 Å². The summed E-state index contributed by atoms with van der Waals surface area (Å²) in [4.78, 5) is 14.2. The van der Waals surface area contributed by atoms with Gasteiger partial charge in [-0.25, -0.2) is 4.79 Å². The average molecular weight is 158 g/mol. The minimum absolute atomic E-state index is 0.0712. The minimum atomic E-state index is -0.695. The number of carbonyl (C=O) groups is 1. The van der Waals surface area contributed by atoms with Crippen LogP contribution in [-0.2, 0) is 9.68 Å². The van der Waals surface area contributed by atoms with Crippen molar-refractivity contribution >= 4 is 5.97 Å². The van der Waals surface area contributed by atoms with Crippen LogP contribution in [0.4, 0.5) is 0 Å². The third-order valence-electron chi connectivity index (χ3n) is 1.05. The highest BCUT2D eigenvalue weighted by Crippen LogP contribution is 2.17. The van der Waals surface area contributed by atoms with Crippen molar-refractivity contribution in [2.45, 2.75) is 27.7 Å². The summed E-state index contributed by atoms with van der Waals surface area (Å²) in [6.07, 6.45) is 1.74. The Morgan fingerprint density at radius 2 is 1.91 bits per heavy atom. The van der Waals surface area contributed by atoms with E-state index in [-0.39, 0.29) is 5.41 Å². The minimum Gasteiger partial charge on any atom is -0.296 e. The Morgan fingerprint density at radius 3 is 2.18 bits per heavy atom. The summed E-state index contributed by atoms with van der Waals surface area (Å²) in [7, 11) is 0. The van der Waals surface area contributed by atoms with Crippen molar-refractivity contribution in [3.05, 3.63) is 11.6 Å². The maximum Gasteiger partial charge on any atom is 0.368 e. The zero-order valence-corrected chi connectivity index (χ0v) is 7.34. The zero-order chi connectivity index (χ0) is 9.07. The second kappa shape index (κ2) is 3.53. The molecule has 0 fully saturated rings. The maximum atomic E-state index is 10.6. The van der Waals surface area contributed by atoms with E-state index in [0.29, 0.717) is 5.57 Å². The molecule has 0 aromatic rings. The third-order valence-corrected chi connectivity index (χ3v) is 1.05. The molecular formula is C8H14O3. The fourth-order valence-corrected chi connectivity index (χ4v) is 0.780. The van der Waals surface area contributed by atoms with Crippen molar-refractivity contribution in [2.24, 2.45) is 5.41 Å². The zero-order valence-electron chi connectivity index (χ0n) is 7.34. The summed E-state index contributed by atoms with van der Waals surface area (Å²) >= 11 is 0. The van der Waals surface area contributed by atoms with Crippen molar-refractivity contribution in [1.29, 1.82) is 0 Å². The Bertz CT molecular complexity index is 174. The summed E-state index contributed by atoms with van der Waals surface area (Å²) in [5.41, 5.74) is 0.346. The number of rotatable bonds is 1. The third kappa shape index (κ3) is 4.56. The summed E-state index contributed by atoms with van der Waals surface area (Å²) in [5, 5.41) is 8.01. The van der Waals surface area contributed by atoms with Crippen LogP contribution in [0.3, 0.4) is 0 Å². The lowest BCUT2D eigenvalue weighted by molar-refractivity contribution is -0.229. The van der Waals surface area contributed by atoms with Gasteiger partial charge in [0, 0.05) is 5.57 Å². The molecule has 3 heteroatoms. The summed E-state index contributed by atoms with van der Waals surface area (Å²) in [6, 6.07) is 0. The van der Waals surface area contributed by atoms with Crippen LogP contribution < -0.4 is 0 Å². The lowest BCUT2D eigenvalue weighted by atomic mass is 9.94. The van der Waals surface area contributed by atoms with Gasteiger partial charge in [0.25, 0.3) is 0 Å². The Balaban J connectivity index is 4.34. The molecule has 3 nitrogen and oxygen atoms in total. The predicted octanol–water partition coefficient (Wildman–Crippen LogP) is 2.00. The predicted molar refractivity (Wildman–Crippen MR) is 41.9 cm³/mol. The maximum absolute atomic E-state index is 10.6. The molecule has 0 aliphatic rings. The smallest absolute Gasteiger partial charge is 0.296 e. The van der Waals surface area contributed by atoms with Crippen LogP contribution in [-0.4, -0.2) is 11.2 Å². The van der Waals surface area contributed by atoms with Gasteiger partial charge in [-0.15, -0.1) is 0 Å².